The predicted octanol–water partition coefficient (Wildman–Crippen LogP) is 1.89. The number of likely N-dealkylation sites (tertiary alicyclic amines) is 1. The van der Waals surface area contributed by atoms with Crippen molar-refractivity contribution in [2.24, 2.45) is 5.92 Å². The zero-order chi connectivity index (χ0) is 20.7. The highest BCUT2D eigenvalue weighted by Crippen LogP contribution is 2.22. The number of amides is 4. The van der Waals surface area contributed by atoms with Gasteiger partial charge < -0.3 is 20.9 Å². The van der Waals surface area contributed by atoms with E-state index in [-0.39, 0.29) is 23.9 Å². The fourth-order valence-electron chi connectivity index (χ4n) is 3.30. The standard InChI is InChI=1S/C20H29FN4O3/c1-4-22-20(28)25-11-9-14(10-12-25)17(19(27)23-13(2)3)24-18(26)15-5-7-16(21)8-6-15/h5-8,13-14,17H,4,9-12H2,1-3H3,(H,22,28)(H,23,27)(H,24,26)/t17-/m1/s1. The molecule has 0 saturated carbocycles. The van der Waals surface area contributed by atoms with Crippen molar-refractivity contribution in [3.05, 3.63) is 35.6 Å². The normalized spacial score (nSPS) is 15.8. The number of nitrogens with one attached hydrogen (secondary N) is 3. The Kier molecular flexibility index (Phi) is 7.78. The van der Waals surface area contributed by atoms with Gasteiger partial charge in [-0.15, -0.1) is 0 Å². The summed E-state index contributed by atoms with van der Waals surface area (Å²) >= 11 is 0. The molecule has 0 radical (unpaired) electrons. The number of hydrogen-bond acceptors (Lipinski definition) is 3. The third-order valence-corrected chi connectivity index (χ3v) is 4.73. The summed E-state index contributed by atoms with van der Waals surface area (Å²) in [5.74, 6) is -1.19. The van der Waals surface area contributed by atoms with Gasteiger partial charge in [-0.25, -0.2) is 9.18 Å². The quantitative estimate of drug-likeness (QED) is 0.691. The fourth-order valence-corrected chi connectivity index (χ4v) is 3.30. The van der Waals surface area contributed by atoms with E-state index in [0.29, 0.717) is 38.0 Å². The van der Waals surface area contributed by atoms with Crippen LogP contribution in [0.2, 0.25) is 0 Å². The van der Waals surface area contributed by atoms with Gasteiger partial charge in [0.05, 0.1) is 0 Å². The summed E-state index contributed by atoms with van der Waals surface area (Å²) in [4.78, 5) is 39.0. The number of benzene rings is 1. The minimum Gasteiger partial charge on any atom is -0.352 e. The van der Waals surface area contributed by atoms with Gasteiger partial charge in [-0.05, 0) is 63.8 Å². The average Bonchev–Trinajstić information content (AvgIpc) is 2.66. The number of carbonyl (C=O) groups is 3. The average molecular weight is 392 g/mol. The molecule has 154 valence electrons. The van der Waals surface area contributed by atoms with Crippen molar-refractivity contribution < 1.29 is 18.8 Å². The van der Waals surface area contributed by atoms with Gasteiger partial charge in [0.2, 0.25) is 5.91 Å². The Bertz CT molecular complexity index is 685. The van der Waals surface area contributed by atoms with E-state index in [9.17, 15) is 18.8 Å². The Balaban J connectivity index is 2.07. The maximum Gasteiger partial charge on any atom is 0.317 e. The number of piperidine rings is 1. The lowest BCUT2D eigenvalue weighted by atomic mass is 9.88. The first-order valence-corrected chi connectivity index (χ1v) is 9.71. The second kappa shape index (κ2) is 10.1. The van der Waals surface area contributed by atoms with Crippen LogP contribution in [-0.2, 0) is 4.79 Å². The minimum absolute atomic E-state index is 0.0619. The maximum atomic E-state index is 13.1. The molecule has 1 aromatic carbocycles. The minimum atomic E-state index is -0.712. The second-order valence-corrected chi connectivity index (χ2v) is 7.28. The molecular formula is C20H29FN4O3. The van der Waals surface area contributed by atoms with Gasteiger partial charge in [-0.2, -0.15) is 0 Å². The number of hydrogen-bond donors (Lipinski definition) is 3. The summed E-state index contributed by atoms with van der Waals surface area (Å²) in [6.07, 6.45) is 1.22. The van der Waals surface area contributed by atoms with Crippen LogP contribution in [0.4, 0.5) is 9.18 Å². The molecule has 1 heterocycles. The summed E-state index contributed by atoms with van der Waals surface area (Å²) in [5.41, 5.74) is 0.295. The number of nitrogens with zero attached hydrogens (tertiary/aromatic N) is 1. The van der Waals surface area contributed by atoms with Crippen molar-refractivity contribution >= 4 is 17.8 Å². The van der Waals surface area contributed by atoms with Crippen LogP contribution < -0.4 is 16.0 Å². The van der Waals surface area contributed by atoms with Crippen LogP contribution in [0.25, 0.3) is 0 Å². The van der Waals surface area contributed by atoms with Gasteiger partial charge >= 0.3 is 6.03 Å². The summed E-state index contributed by atoms with van der Waals surface area (Å²) < 4.78 is 13.1. The monoisotopic (exact) mass is 392 g/mol. The van der Waals surface area contributed by atoms with Gasteiger partial charge in [0, 0.05) is 31.2 Å². The van der Waals surface area contributed by atoms with Gasteiger partial charge in [-0.3, -0.25) is 9.59 Å². The summed E-state index contributed by atoms with van der Waals surface area (Å²) in [6.45, 7) is 7.18. The first-order valence-electron chi connectivity index (χ1n) is 9.71. The predicted molar refractivity (Wildman–Crippen MR) is 104 cm³/mol. The molecular weight excluding hydrogens is 363 g/mol. The summed E-state index contributed by atoms with van der Waals surface area (Å²) in [6, 6.07) is 4.31. The molecule has 1 atom stereocenters. The van der Waals surface area contributed by atoms with E-state index in [1.54, 1.807) is 4.90 Å². The Morgan fingerprint density at radius 1 is 1.11 bits per heavy atom. The van der Waals surface area contributed by atoms with Crippen molar-refractivity contribution in [2.45, 2.75) is 45.7 Å². The van der Waals surface area contributed by atoms with Gasteiger partial charge in [0.1, 0.15) is 11.9 Å². The van der Waals surface area contributed by atoms with Crippen molar-refractivity contribution in [1.29, 1.82) is 0 Å². The number of rotatable bonds is 6. The highest BCUT2D eigenvalue weighted by atomic mass is 19.1. The Morgan fingerprint density at radius 3 is 2.25 bits per heavy atom. The molecule has 1 aliphatic heterocycles. The maximum absolute atomic E-state index is 13.1. The zero-order valence-corrected chi connectivity index (χ0v) is 16.6. The molecule has 4 amide bonds. The van der Waals surface area contributed by atoms with Crippen molar-refractivity contribution in [1.82, 2.24) is 20.9 Å². The van der Waals surface area contributed by atoms with E-state index < -0.39 is 17.8 Å². The number of halogens is 1. The number of urea groups is 1. The molecule has 8 heteroatoms. The topological polar surface area (TPSA) is 90.5 Å². The Morgan fingerprint density at radius 2 is 1.71 bits per heavy atom. The van der Waals surface area contributed by atoms with Gasteiger partial charge in [0.15, 0.2) is 0 Å². The van der Waals surface area contributed by atoms with E-state index >= 15 is 0 Å². The second-order valence-electron chi connectivity index (χ2n) is 7.28. The molecule has 7 nitrogen and oxygen atoms in total. The highest BCUT2D eigenvalue weighted by Gasteiger charge is 2.34. The Hall–Kier alpha value is -2.64. The van der Waals surface area contributed by atoms with E-state index in [4.69, 9.17) is 0 Å². The molecule has 1 aliphatic rings. The Labute approximate surface area is 165 Å². The fraction of sp³-hybridized carbons (Fsp3) is 0.550. The first-order chi connectivity index (χ1) is 13.3. The molecule has 0 unspecified atom stereocenters. The van der Waals surface area contributed by atoms with Crippen molar-refractivity contribution in [2.75, 3.05) is 19.6 Å². The van der Waals surface area contributed by atoms with Crippen molar-refractivity contribution in [3.63, 3.8) is 0 Å². The largest absolute Gasteiger partial charge is 0.352 e. The lowest BCUT2D eigenvalue weighted by Crippen LogP contribution is -2.55. The summed E-state index contributed by atoms with van der Waals surface area (Å²) in [7, 11) is 0. The molecule has 0 bridgehead atoms. The highest BCUT2D eigenvalue weighted by molar-refractivity contribution is 5.97. The molecule has 3 N–H and O–H groups in total. The SMILES string of the molecule is CCNC(=O)N1CCC([C@@H](NC(=O)c2ccc(F)cc2)C(=O)NC(C)C)CC1. The van der Waals surface area contributed by atoms with E-state index in [1.807, 2.05) is 20.8 Å². The lowest BCUT2D eigenvalue weighted by Gasteiger charge is -2.36. The smallest absolute Gasteiger partial charge is 0.317 e. The molecule has 1 aromatic rings. The van der Waals surface area contributed by atoms with Gasteiger partial charge in [0.25, 0.3) is 5.91 Å². The molecule has 1 fully saturated rings. The molecule has 0 spiro atoms. The van der Waals surface area contributed by atoms with E-state index in [0.717, 1.165) is 0 Å². The van der Waals surface area contributed by atoms with Crippen LogP contribution >= 0.6 is 0 Å². The zero-order valence-electron chi connectivity index (χ0n) is 16.6. The van der Waals surface area contributed by atoms with Crippen molar-refractivity contribution in [3.8, 4) is 0 Å². The van der Waals surface area contributed by atoms with Crippen LogP contribution in [0.15, 0.2) is 24.3 Å². The van der Waals surface area contributed by atoms with Gasteiger partial charge in [-0.1, -0.05) is 0 Å². The van der Waals surface area contributed by atoms with Crippen LogP contribution in [0.3, 0.4) is 0 Å². The van der Waals surface area contributed by atoms with Crippen LogP contribution in [0.1, 0.15) is 44.0 Å². The van der Waals surface area contributed by atoms with Crippen LogP contribution in [0, 0.1) is 11.7 Å². The molecule has 28 heavy (non-hydrogen) atoms. The lowest BCUT2D eigenvalue weighted by molar-refractivity contribution is -0.125. The molecule has 1 saturated heterocycles. The van der Waals surface area contributed by atoms with E-state index in [1.165, 1.54) is 24.3 Å². The molecule has 2 rings (SSSR count). The molecule has 0 aromatic heterocycles. The van der Waals surface area contributed by atoms with E-state index in [2.05, 4.69) is 16.0 Å². The van der Waals surface area contributed by atoms with Crippen LogP contribution in [0.5, 0.6) is 0 Å². The third-order valence-electron chi connectivity index (χ3n) is 4.73. The van der Waals surface area contributed by atoms with Crippen LogP contribution in [-0.4, -0.2) is 54.5 Å². The molecule has 0 aliphatic carbocycles. The number of carbonyl (C=O) groups excluding carboxylic acids is 3. The third kappa shape index (κ3) is 5.94. The first kappa shape index (κ1) is 21.7. The summed E-state index contributed by atoms with van der Waals surface area (Å²) in [5, 5.41) is 8.43.